The van der Waals surface area contributed by atoms with Crippen LogP contribution in [0.1, 0.15) is 89.9 Å². The van der Waals surface area contributed by atoms with Crippen LogP contribution in [0.4, 0.5) is 0 Å². The SMILES string of the molecule is C=C[N+]1(CCC(O)CCC2CCCCCCCC2)CCCCC1. The quantitative estimate of drug-likeness (QED) is 0.621. The summed E-state index contributed by atoms with van der Waals surface area (Å²) < 4.78 is 1.04. The second-order valence-electron chi connectivity index (χ2n) is 8.22. The molecule has 2 aliphatic rings. The lowest BCUT2D eigenvalue weighted by molar-refractivity contribution is -0.884. The minimum absolute atomic E-state index is 0.0977. The van der Waals surface area contributed by atoms with E-state index in [1.54, 1.807) is 0 Å². The van der Waals surface area contributed by atoms with Gasteiger partial charge in [-0.1, -0.05) is 51.4 Å². The summed E-state index contributed by atoms with van der Waals surface area (Å²) in [5.74, 6) is 0.875. The summed E-state index contributed by atoms with van der Waals surface area (Å²) in [6.07, 6.45) is 20.7. The van der Waals surface area contributed by atoms with Crippen molar-refractivity contribution in [2.75, 3.05) is 19.6 Å². The molecule has 1 atom stereocenters. The van der Waals surface area contributed by atoms with Gasteiger partial charge in [-0.2, -0.15) is 0 Å². The molecule has 0 aromatic heterocycles. The van der Waals surface area contributed by atoms with Gasteiger partial charge >= 0.3 is 0 Å². The molecule has 2 fully saturated rings. The third-order valence-electron chi connectivity index (χ3n) is 6.38. The van der Waals surface area contributed by atoms with Crippen LogP contribution in [0.25, 0.3) is 0 Å². The summed E-state index contributed by atoms with van der Waals surface area (Å²) in [4.78, 5) is 0. The molecule has 1 N–H and O–H groups in total. The third-order valence-corrected chi connectivity index (χ3v) is 6.38. The number of aliphatic hydroxyl groups excluding tert-OH is 1. The first-order valence-corrected chi connectivity index (χ1v) is 10.4. The van der Waals surface area contributed by atoms with Crippen LogP contribution in [0.3, 0.4) is 0 Å². The number of hydrogen-bond donors (Lipinski definition) is 1. The van der Waals surface area contributed by atoms with Crippen molar-refractivity contribution in [3.63, 3.8) is 0 Å². The number of nitrogens with zero attached hydrogens (tertiary/aromatic N) is 1. The lowest BCUT2D eigenvalue weighted by Gasteiger charge is -2.38. The summed E-state index contributed by atoms with van der Waals surface area (Å²) >= 11 is 0. The van der Waals surface area contributed by atoms with Crippen LogP contribution in [-0.2, 0) is 0 Å². The van der Waals surface area contributed by atoms with Gasteiger partial charge in [0, 0.05) is 6.42 Å². The van der Waals surface area contributed by atoms with Gasteiger partial charge in [0.25, 0.3) is 0 Å². The van der Waals surface area contributed by atoms with E-state index in [2.05, 4.69) is 12.8 Å². The van der Waals surface area contributed by atoms with Gasteiger partial charge in [-0.15, -0.1) is 0 Å². The Morgan fingerprint density at radius 2 is 1.43 bits per heavy atom. The highest BCUT2D eigenvalue weighted by atomic mass is 16.3. The molecule has 0 spiro atoms. The molecule has 134 valence electrons. The Morgan fingerprint density at radius 1 is 0.870 bits per heavy atom. The lowest BCUT2D eigenvalue weighted by atomic mass is 9.90. The average Bonchev–Trinajstić information content (AvgIpc) is 2.73. The molecule has 1 heterocycles. The Kier molecular flexibility index (Phi) is 8.68. The molecule has 23 heavy (non-hydrogen) atoms. The second-order valence-corrected chi connectivity index (χ2v) is 8.22. The monoisotopic (exact) mass is 322 g/mol. The molecule has 2 nitrogen and oxygen atoms in total. The fourth-order valence-electron chi connectivity index (χ4n) is 4.62. The molecule has 1 aliphatic carbocycles. The molecular formula is C21H40NO+. The summed E-state index contributed by atoms with van der Waals surface area (Å²) in [7, 11) is 0. The maximum Gasteiger partial charge on any atom is 0.0885 e. The van der Waals surface area contributed by atoms with Crippen molar-refractivity contribution in [1.29, 1.82) is 0 Å². The standard InChI is InChI=1S/C21H40NO/c1-2-22(17-10-7-11-18-22)19-16-21(23)15-14-20-12-8-5-3-4-6-9-13-20/h2,20-21,23H,1,3-19H2/q+1. The molecule has 1 aliphatic heterocycles. The zero-order valence-electron chi connectivity index (χ0n) is 15.4. The molecular weight excluding hydrogens is 282 g/mol. The number of rotatable bonds is 7. The Bertz CT molecular complexity index is 312. The zero-order chi connectivity index (χ0) is 16.4. The van der Waals surface area contributed by atoms with Crippen molar-refractivity contribution in [3.05, 3.63) is 12.8 Å². The Balaban J connectivity index is 1.66. The minimum atomic E-state index is -0.0977. The Hall–Kier alpha value is -0.340. The van der Waals surface area contributed by atoms with Crippen molar-refractivity contribution >= 4 is 0 Å². The van der Waals surface area contributed by atoms with E-state index in [9.17, 15) is 5.11 Å². The fraction of sp³-hybridized carbons (Fsp3) is 0.905. The summed E-state index contributed by atoms with van der Waals surface area (Å²) in [5, 5.41) is 10.5. The lowest BCUT2D eigenvalue weighted by Crippen LogP contribution is -2.48. The molecule has 1 saturated carbocycles. The highest BCUT2D eigenvalue weighted by Gasteiger charge is 2.27. The minimum Gasteiger partial charge on any atom is -0.393 e. The number of piperidine rings is 1. The van der Waals surface area contributed by atoms with E-state index in [-0.39, 0.29) is 6.10 Å². The third kappa shape index (κ3) is 6.97. The summed E-state index contributed by atoms with van der Waals surface area (Å²) in [5.41, 5.74) is 0. The Morgan fingerprint density at radius 3 is 2.04 bits per heavy atom. The smallest absolute Gasteiger partial charge is 0.0885 e. The van der Waals surface area contributed by atoms with E-state index in [1.807, 2.05) is 0 Å². The molecule has 1 saturated heterocycles. The van der Waals surface area contributed by atoms with Crippen molar-refractivity contribution in [1.82, 2.24) is 0 Å². The molecule has 0 aromatic rings. The number of quaternary nitrogens is 1. The summed E-state index contributed by atoms with van der Waals surface area (Å²) in [6.45, 7) is 7.64. The highest BCUT2D eigenvalue weighted by Crippen LogP contribution is 2.27. The molecule has 0 bridgehead atoms. The van der Waals surface area contributed by atoms with Crippen LogP contribution in [0.2, 0.25) is 0 Å². The van der Waals surface area contributed by atoms with Crippen molar-refractivity contribution in [2.45, 2.75) is 96.0 Å². The average molecular weight is 323 g/mol. The normalized spacial score (nSPS) is 25.1. The number of likely N-dealkylation sites (tertiary alicyclic amines) is 1. The maximum absolute atomic E-state index is 10.5. The van der Waals surface area contributed by atoms with Gasteiger partial charge in [0.1, 0.15) is 0 Å². The zero-order valence-corrected chi connectivity index (χ0v) is 15.4. The van der Waals surface area contributed by atoms with Gasteiger partial charge < -0.3 is 5.11 Å². The van der Waals surface area contributed by atoms with Gasteiger partial charge in [0.2, 0.25) is 0 Å². The largest absolute Gasteiger partial charge is 0.393 e. The highest BCUT2D eigenvalue weighted by molar-refractivity contribution is 4.68. The molecule has 2 heteroatoms. The first-order chi connectivity index (χ1) is 11.2. The molecule has 0 amide bonds. The number of aliphatic hydroxyl groups is 1. The molecule has 0 radical (unpaired) electrons. The Labute approximate surface area is 144 Å². The predicted octanol–water partition coefficient (Wildman–Crippen LogP) is 5.41. The van der Waals surface area contributed by atoms with E-state index < -0.39 is 0 Å². The molecule has 2 rings (SSSR count). The van der Waals surface area contributed by atoms with Crippen LogP contribution in [-0.4, -0.2) is 35.3 Å². The topological polar surface area (TPSA) is 20.2 Å². The van der Waals surface area contributed by atoms with E-state index >= 15 is 0 Å². The molecule has 0 aromatic carbocycles. The van der Waals surface area contributed by atoms with E-state index in [0.29, 0.717) is 0 Å². The van der Waals surface area contributed by atoms with Crippen molar-refractivity contribution in [2.24, 2.45) is 5.92 Å². The van der Waals surface area contributed by atoms with Crippen LogP contribution in [0, 0.1) is 5.92 Å². The van der Waals surface area contributed by atoms with Crippen molar-refractivity contribution in [3.8, 4) is 0 Å². The van der Waals surface area contributed by atoms with Crippen molar-refractivity contribution < 1.29 is 9.59 Å². The van der Waals surface area contributed by atoms with Gasteiger partial charge in [0.05, 0.1) is 31.9 Å². The van der Waals surface area contributed by atoms with E-state index in [0.717, 1.165) is 29.8 Å². The van der Waals surface area contributed by atoms with Crippen LogP contribution in [0.15, 0.2) is 12.8 Å². The van der Waals surface area contributed by atoms with Crippen LogP contribution >= 0.6 is 0 Å². The maximum atomic E-state index is 10.5. The van der Waals surface area contributed by atoms with Crippen LogP contribution < -0.4 is 0 Å². The van der Waals surface area contributed by atoms with E-state index in [1.165, 1.54) is 90.1 Å². The van der Waals surface area contributed by atoms with Gasteiger partial charge in [-0.05, 0) is 44.6 Å². The fourth-order valence-corrected chi connectivity index (χ4v) is 4.62. The second kappa shape index (κ2) is 10.5. The van der Waals surface area contributed by atoms with E-state index in [4.69, 9.17) is 0 Å². The number of hydrogen-bond acceptors (Lipinski definition) is 1. The summed E-state index contributed by atoms with van der Waals surface area (Å²) in [6, 6.07) is 0. The predicted molar refractivity (Wildman–Crippen MR) is 99.2 cm³/mol. The molecule has 1 unspecified atom stereocenters. The van der Waals surface area contributed by atoms with Gasteiger partial charge in [-0.25, -0.2) is 0 Å². The first-order valence-electron chi connectivity index (χ1n) is 10.4. The van der Waals surface area contributed by atoms with Gasteiger partial charge in [0.15, 0.2) is 0 Å². The van der Waals surface area contributed by atoms with Crippen LogP contribution in [0.5, 0.6) is 0 Å². The first kappa shape index (κ1) is 19.0. The van der Waals surface area contributed by atoms with Gasteiger partial charge in [-0.3, -0.25) is 4.48 Å².